The fourth-order valence-electron chi connectivity index (χ4n) is 2.58. The summed E-state index contributed by atoms with van der Waals surface area (Å²) in [5, 5.41) is 0. The van der Waals surface area contributed by atoms with Crippen LogP contribution in [0.1, 0.15) is 17.0 Å². The average molecular weight is 320 g/mol. The number of hydrogen-bond acceptors (Lipinski definition) is 5. The molecule has 6 nitrogen and oxygen atoms in total. The Morgan fingerprint density at radius 3 is 2.87 bits per heavy atom. The van der Waals surface area contributed by atoms with Gasteiger partial charge in [0.25, 0.3) is 5.91 Å². The van der Waals surface area contributed by atoms with Crippen molar-refractivity contribution in [2.24, 2.45) is 0 Å². The minimum Gasteiger partial charge on any atom is -0.491 e. The lowest BCUT2D eigenvalue weighted by atomic mass is 10.0. The van der Waals surface area contributed by atoms with Crippen molar-refractivity contribution in [3.63, 3.8) is 0 Å². The Hall–Kier alpha value is -2.41. The van der Waals surface area contributed by atoms with E-state index in [0.29, 0.717) is 25.3 Å². The minimum absolute atomic E-state index is 0.205. The average Bonchev–Trinajstić information content (AvgIpc) is 3.24. The number of likely N-dealkylation sites (tertiary alicyclic amines) is 1. The standard InChI is InChI=1S/C16H17FN2O4/c1-21-16(10-22-13-4-2-12(17)3-5-13)6-7-19(9-16)15(20)14-8-18-11-23-14/h2-5,8,11H,6-7,9-10H2,1H3. The van der Waals surface area contributed by atoms with Gasteiger partial charge in [-0.15, -0.1) is 0 Å². The van der Waals surface area contributed by atoms with Crippen LogP contribution >= 0.6 is 0 Å². The third-order valence-electron chi connectivity index (χ3n) is 4.00. The number of nitrogens with zero attached hydrogens (tertiary/aromatic N) is 2. The maximum atomic E-state index is 12.9. The summed E-state index contributed by atoms with van der Waals surface area (Å²) in [5.74, 6) is 0.228. The fourth-order valence-corrected chi connectivity index (χ4v) is 2.58. The van der Waals surface area contributed by atoms with Crippen molar-refractivity contribution in [2.75, 3.05) is 26.8 Å². The summed E-state index contributed by atoms with van der Waals surface area (Å²) in [4.78, 5) is 17.7. The number of carbonyl (C=O) groups excluding carboxylic acids is 1. The van der Waals surface area contributed by atoms with Crippen LogP contribution < -0.4 is 4.74 Å². The molecule has 0 N–H and O–H groups in total. The number of ether oxygens (including phenoxy) is 2. The fraction of sp³-hybridized carbons (Fsp3) is 0.375. The quantitative estimate of drug-likeness (QED) is 0.844. The summed E-state index contributed by atoms with van der Waals surface area (Å²) in [6.07, 6.45) is 3.26. The molecule has 0 bridgehead atoms. The minimum atomic E-state index is -0.593. The zero-order chi connectivity index (χ0) is 16.3. The molecule has 1 saturated heterocycles. The van der Waals surface area contributed by atoms with Crippen LogP contribution in [0.2, 0.25) is 0 Å². The van der Waals surface area contributed by atoms with E-state index in [0.717, 1.165) is 0 Å². The smallest absolute Gasteiger partial charge is 0.291 e. The second kappa shape index (κ2) is 6.37. The molecule has 2 aromatic rings. The molecule has 0 spiro atoms. The molecule has 7 heteroatoms. The Morgan fingerprint density at radius 2 is 2.22 bits per heavy atom. The first-order chi connectivity index (χ1) is 11.1. The monoisotopic (exact) mass is 320 g/mol. The summed E-state index contributed by atoms with van der Waals surface area (Å²) in [5.41, 5.74) is -0.593. The molecule has 3 rings (SSSR count). The van der Waals surface area contributed by atoms with Gasteiger partial charge in [0.15, 0.2) is 6.39 Å². The predicted molar refractivity (Wildman–Crippen MR) is 78.7 cm³/mol. The van der Waals surface area contributed by atoms with Gasteiger partial charge in [-0.2, -0.15) is 0 Å². The van der Waals surface area contributed by atoms with Crippen LogP contribution in [0.3, 0.4) is 0 Å². The van der Waals surface area contributed by atoms with Gasteiger partial charge in [-0.05, 0) is 30.7 Å². The molecular formula is C16H17FN2O4. The van der Waals surface area contributed by atoms with Crippen molar-refractivity contribution in [2.45, 2.75) is 12.0 Å². The molecule has 1 fully saturated rings. The van der Waals surface area contributed by atoms with E-state index in [-0.39, 0.29) is 24.1 Å². The molecule has 1 aromatic heterocycles. The molecule has 122 valence electrons. The van der Waals surface area contributed by atoms with Crippen LogP contribution in [0.5, 0.6) is 5.75 Å². The molecular weight excluding hydrogens is 303 g/mol. The Balaban J connectivity index is 1.63. The molecule has 1 atom stereocenters. The normalized spacial score (nSPS) is 20.7. The van der Waals surface area contributed by atoms with Crippen LogP contribution in [-0.4, -0.2) is 48.2 Å². The molecule has 0 aliphatic carbocycles. The number of carbonyl (C=O) groups is 1. The van der Waals surface area contributed by atoms with E-state index in [1.165, 1.54) is 24.7 Å². The molecule has 0 saturated carbocycles. The first kappa shape index (κ1) is 15.5. The van der Waals surface area contributed by atoms with Crippen LogP contribution in [0.25, 0.3) is 0 Å². The topological polar surface area (TPSA) is 64.8 Å². The van der Waals surface area contributed by atoms with E-state index in [1.54, 1.807) is 24.1 Å². The molecule has 0 radical (unpaired) electrons. The number of methoxy groups -OCH3 is 1. The van der Waals surface area contributed by atoms with E-state index >= 15 is 0 Å². The Morgan fingerprint density at radius 1 is 1.43 bits per heavy atom. The van der Waals surface area contributed by atoms with Gasteiger partial charge in [0, 0.05) is 13.7 Å². The summed E-state index contributed by atoms with van der Waals surface area (Å²) < 4.78 is 29.2. The van der Waals surface area contributed by atoms with Gasteiger partial charge in [0.1, 0.15) is 23.8 Å². The third-order valence-corrected chi connectivity index (χ3v) is 4.00. The first-order valence-corrected chi connectivity index (χ1v) is 7.23. The number of amides is 1. The van der Waals surface area contributed by atoms with Crippen molar-refractivity contribution in [3.05, 3.63) is 48.4 Å². The van der Waals surface area contributed by atoms with Crippen molar-refractivity contribution < 1.29 is 23.1 Å². The lowest BCUT2D eigenvalue weighted by Gasteiger charge is -2.27. The highest BCUT2D eigenvalue weighted by atomic mass is 19.1. The maximum absolute atomic E-state index is 12.9. The Labute approximate surface area is 132 Å². The van der Waals surface area contributed by atoms with E-state index in [9.17, 15) is 9.18 Å². The largest absolute Gasteiger partial charge is 0.491 e. The predicted octanol–water partition coefficient (Wildman–Crippen LogP) is 2.12. The van der Waals surface area contributed by atoms with E-state index in [1.807, 2.05) is 0 Å². The number of hydrogen-bond donors (Lipinski definition) is 0. The second-order valence-corrected chi connectivity index (χ2v) is 5.47. The first-order valence-electron chi connectivity index (χ1n) is 7.23. The number of halogens is 1. The van der Waals surface area contributed by atoms with Crippen LogP contribution in [0, 0.1) is 5.82 Å². The number of oxazole rings is 1. The van der Waals surface area contributed by atoms with Gasteiger partial charge in [0.2, 0.25) is 5.76 Å². The molecule has 2 heterocycles. The van der Waals surface area contributed by atoms with E-state index in [2.05, 4.69) is 4.98 Å². The summed E-state index contributed by atoms with van der Waals surface area (Å²) in [7, 11) is 1.59. The molecule has 1 aromatic carbocycles. The summed E-state index contributed by atoms with van der Waals surface area (Å²) in [6, 6.07) is 5.79. The van der Waals surface area contributed by atoms with Crippen LogP contribution in [0.15, 0.2) is 41.3 Å². The van der Waals surface area contributed by atoms with Gasteiger partial charge in [-0.3, -0.25) is 4.79 Å². The molecule has 1 amide bonds. The summed E-state index contributed by atoms with van der Waals surface area (Å²) in [6.45, 7) is 1.21. The molecule has 1 unspecified atom stereocenters. The Kier molecular flexibility index (Phi) is 4.29. The lowest BCUT2D eigenvalue weighted by molar-refractivity contribution is -0.0344. The zero-order valence-corrected chi connectivity index (χ0v) is 12.7. The highest BCUT2D eigenvalue weighted by molar-refractivity contribution is 5.91. The maximum Gasteiger partial charge on any atom is 0.291 e. The SMILES string of the molecule is COC1(COc2ccc(F)cc2)CCN(C(=O)c2cnco2)C1. The third kappa shape index (κ3) is 3.34. The van der Waals surface area contributed by atoms with Gasteiger partial charge in [-0.1, -0.05) is 0 Å². The Bertz CT molecular complexity index is 659. The lowest BCUT2D eigenvalue weighted by Crippen LogP contribution is -2.42. The van der Waals surface area contributed by atoms with Crippen molar-refractivity contribution >= 4 is 5.91 Å². The highest BCUT2D eigenvalue weighted by Gasteiger charge is 2.41. The van der Waals surface area contributed by atoms with Gasteiger partial charge in [-0.25, -0.2) is 9.37 Å². The van der Waals surface area contributed by atoms with Gasteiger partial charge < -0.3 is 18.8 Å². The van der Waals surface area contributed by atoms with E-state index in [4.69, 9.17) is 13.9 Å². The van der Waals surface area contributed by atoms with Crippen molar-refractivity contribution in [1.82, 2.24) is 9.88 Å². The zero-order valence-electron chi connectivity index (χ0n) is 12.7. The number of aromatic nitrogens is 1. The number of benzene rings is 1. The van der Waals surface area contributed by atoms with Gasteiger partial charge in [0.05, 0.1) is 12.7 Å². The molecule has 1 aliphatic rings. The van der Waals surface area contributed by atoms with Crippen molar-refractivity contribution in [3.8, 4) is 5.75 Å². The van der Waals surface area contributed by atoms with Crippen molar-refractivity contribution in [1.29, 1.82) is 0 Å². The van der Waals surface area contributed by atoms with Crippen LogP contribution in [0.4, 0.5) is 4.39 Å². The van der Waals surface area contributed by atoms with Gasteiger partial charge >= 0.3 is 0 Å². The number of rotatable bonds is 5. The molecule has 23 heavy (non-hydrogen) atoms. The summed E-state index contributed by atoms with van der Waals surface area (Å²) >= 11 is 0. The second-order valence-electron chi connectivity index (χ2n) is 5.47. The highest BCUT2D eigenvalue weighted by Crippen LogP contribution is 2.27. The van der Waals surface area contributed by atoms with Crippen LogP contribution in [-0.2, 0) is 4.74 Å². The van der Waals surface area contributed by atoms with E-state index < -0.39 is 5.60 Å². The molecule has 1 aliphatic heterocycles.